The van der Waals surface area contributed by atoms with Gasteiger partial charge < -0.3 is 10.1 Å². The molecule has 0 atom stereocenters. The van der Waals surface area contributed by atoms with Gasteiger partial charge in [-0.1, -0.05) is 19.1 Å². The molecule has 0 saturated heterocycles. The minimum Gasteiger partial charge on any atom is -0.493 e. The van der Waals surface area contributed by atoms with Gasteiger partial charge in [-0.15, -0.1) is 0 Å². The molecule has 0 unspecified atom stereocenters. The van der Waals surface area contributed by atoms with Crippen LogP contribution in [0.4, 0.5) is 0 Å². The van der Waals surface area contributed by atoms with Crippen molar-refractivity contribution in [3.05, 3.63) is 28.8 Å². The maximum atomic E-state index is 5.93. The van der Waals surface area contributed by atoms with Crippen LogP contribution in [0.1, 0.15) is 36.5 Å². The van der Waals surface area contributed by atoms with Crippen LogP contribution in [0, 0.1) is 19.8 Å². The van der Waals surface area contributed by atoms with Gasteiger partial charge in [0.25, 0.3) is 0 Å². The molecule has 0 aliphatic heterocycles. The van der Waals surface area contributed by atoms with Crippen LogP contribution in [0.3, 0.4) is 0 Å². The lowest BCUT2D eigenvalue weighted by Crippen LogP contribution is -2.12. The summed E-state index contributed by atoms with van der Waals surface area (Å²) >= 11 is 0. The van der Waals surface area contributed by atoms with E-state index < -0.39 is 0 Å². The number of nitrogens with one attached hydrogen (secondary N) is 1. The maximum Gasteiger partial charge on any atom is 0.125 e. The highest BCUT2D eigenvalue weighted by Crippen LogP contribution is 2.31. The van der Waals surface area contributed by atoms with E-state index >= 15 is 0 Å². The molecule has 1 saturated carbocycles. The SMILES string of the molecule is CCNCc1cc(C)c(OCC2CC2)c(C)c1. The van der Waals surface area contributed by atoms with E-state index in [1.54, 1.807) is 0 Å². The van der Waals surface area contributed by atoms with Crippen molar-refractivity contribution >= 4 is 0 Å². The highest BCUT2D eigenvalue weighted by atomic mass is 16.5. The summed E-state index contributed by atoms with van der Waals surface area (Å²) in [5.41, 5.74) is 3.87. The summed E-state index contributed by atoms with van der Waals surface area (Å²) in [4.78, 5) is 0. The van der Waals surface area contributed by atoms with Gasteiger partial charge >= 0.3 is 0 Å². The Bertz CT molecular complexity index is 360. The van der Waals surface area contributed by atoms with E-state index in [1.807, 2.05) is 0 Å². The fraction of sp³-hybridized carbons (Fsp3) is 0.600. The smallest absolute Gasteiger partial charge is 0.125 e. The Balaban J connectivity index is 2.04. The van der Waals surface area contributed by atoms with Crippen molar-refractivity contribution in [2.24, 2.45) is 5.92 Å². The molecule has 1 N–H and O–H groups in total. The Morgan fingerprint density at radius 2 is 1.88 bits per heavy atom. The van der Waals surface area contributed by atoms with Gasteiger partial charge in [-0.2, -0.15) is 0 Å². The van der Waals surface area contributed by atoms with Crippen LogP contribution in [-0.4, -0.2) is 13.2 Å². The van der Waals surface area contributed by atoms with Gasteiger partial charge in [-0.3, -0.25) is 0 Å². The zero-order valence-corrected chi connectivity index (χ0v) is 11.2. The van der Waals surface area contributed by atoms with Crippen LogP contribution in [0.5, 0.6) is 5.75 Å². The first-order valence-electron chi connectivity index (χ1n) is 6.64. The van der Waals surface area contributed by atoms with Crippen LogP contribution in [0.2, 0.25) is 0 Å². The molecule has 1 fully saturated rings. The maximum absolute atomic E-state index is 5.93. The molecule has 0 spiro atoms. The zero-order valence-electron chi connectivity index (χ0n) is 11.2. The second kappa shape index (κ2) is 5.54. The lowest BCUT2D eigenvalue weighted by atomic mass is 10.1. The Morgan fingerprint density at radius 1 is 1.24 bits per heavy atom. The molecule has 0 amide bonds. The fourth-order valence-electron chi connectivity index (χ4n) is 2.12. The molecule has 17 heavy (non-hydrogen) atoms. The normalized spacial score (nSPS) is 15.0. The molecule has 1 aliphatic rings. The molecule has 0 radical (unpaired) electrons. The fourth-order valence-corrected chi connectivity index (χ4v) is 2.12. The summed E-state index contributed by atoms with van der Waals surface area (Å²) in [6.07, 6.45) is 2.69. The minimum absolute atomic E-state index is 0.815. The van der Waals surface area contributed by atoms with Crippen molar-refractivity contribution in [2.45, 2.75) is 40.2 Å². The van der Waals surface area contributed by atoms with E-state index in [0.717, 1.165) is 31.4 Å². The third kappa shape index (κ3) is 3.47. The summed E-state index contributed by atoms with van der Waals surface area (Å²) in [6.45, 7) is 9.27. The van der Waals surface area contributed by atoms with Crippen LogP contribution in [0.15, 0.2) is 12.1 Å². The van der Waals surface area contributed by atoms with Gasteiger partial charge in [-0.05, 0) is 55.8 Å². The largest absolute Gasteiger partial charge is 0.493 e. The molecule has 2 nitrogen and oxygen atoms in total. The van der Waals surface area contributed by atoms with Crippen molar-refractivity contribution in [3.63, 3.8) is 0 Å². The van der Waals surface area contributed by atoms with Crippen LogP contribution in [-0.2, 0) is 6.54 Å². The Kier molecular flexibility index (Phi) is 4.06. The topological polar surface area (TPSA) is 21.3 Å². The van der Waals surface area contributed by atoms with E-state index in [4.69, 9.17) is 4.74 Å². The van der Waals surface area contributed by atoms with Gasteiger partial charge in [0.2, 0.25) is 0 Å². The molecule has 1 aliphatic carbocycles. The molecule has 2 rings (SSSR count). The molecule has 1 aromatic carbocycles. The van der Waals surface area contributed by atoms with E-state index in [2.05, 4.69) is 38.2 Å². The standard InChI is InChI=1S/C15H23NO/c1-4-16-9-14-7-11(2)15(12(3)8-14)17-10-13-5-6-13/h7-8,13,16H,4-6,9-10H2,1-3H3. The molecule has 2 heteroatoms. The monoisotopic (exact) mass is 233 g/mol. The first-order chi connectivity index (χ1) is 8.20. The van der Waals surface area contributed by atoms with Gasteiger partial charge in [0.1, 0.15) is 5.75 Å². The first-order valence-corrected chi connectivity index (χ1v) is 6.64. The molecule has 0 bridgehead atoms. The van der Waals surface area contributed by atoms with Gasteiger partial charge in [0.15, 0.2) is 0 Å². The number of hydrogen-bond donors (Lipinski definition) is 1. The van der Waals surface area contributed by atoms with E-state index in [0.29, 0.717) is 0 Å². The second-order valence-electron chi connectivity index (χ2n) is 5.09. The van der Waals surface area contributed by atoms with Crippen molar-refractivity contribution in [1.82, 2.24) is 5.32 Å². The summed E-state index contributed by atoms with van der Waals surface area (Å²) in [6, 6.07) is 4.47. The zero-order chi connectivity index (χ0) is 12.3. The van der Waals surface area contributed by atoms with Crippen LogP contribution < -0.4 is 10.1 Å². The minimum atomic E-state index is 0.815. The highest BCUT2D eigenvalue weighted by molar-refractivity contribution is 5.43. The van der Waals surface area contributed by atoms with Crippen LogP contribution >= 0.6 is 0 Å². The van der Waals surface area contributed by atoms with Crippen molar-refractivity contribution in [2.75, 3.05) is 13.2 Å². The van der Waals surface area contributed by atoms with Crippen molar-refractivity contribution in [3.8, 4) is 5.75 Å². The van der Waals surface area contributed by atoms with Gasteiger partial charge in [-0.25, -0.2) is 0 Å². The third-order valence-corrected chi connectivity index (χ3v) is 3.26. The predicted molar refractivity (Wildman–Crippen MR) is 71.5 cm³/mol. The number of benzene rings is 1. The van der Waals surface area contributed by atoms with E-state index in [9.17, 15) is 0 Å². The Labute approximate surface area is 104 Å². The summed E-state index contributed by atoms with van der Waals surface area (Å²) in [5, 5.41) is 3.36. The number of ether oxygens (including phenoxy) is 1. The molecule has 1 aromatic rings. The van der Waals surface area contributed by atoms with Crippen molar-refractivity contribution < 1.29 is 4.74 Å². The quantitative estimate of drug-likeness (QED) is 0.814. The Hall–Kier alpha value is -1.02. The molecule has 94 valence electrons. The number of rotatable bonds is 6. The first kappa shape index (κ1) is 12.4. The van der Waals surface area contributed by atoms with Gasteiger partial charge in [0.05, 0.1) is 6.61 Å². The Morgan fingerprint density at radius 3 is 2.41 bits per heavy atom. The van der Waals surface area contributed by atoms with E-state index in [1.165, 1.54) is 29.5 Å². The lowest BCUT2D eigenvalue weighted by molar-refractivity contribution is 0.296. The lowest BCUT2D eigenvalue weighted by Gasteiger charge is -2.14. The summed E-state index contributed by atoms with van der Waals surface area (Å²) in [5.74, 6) is 1.91. The van der Waals surface area contributed by atoms with Gasteiger partial charge in [0, 0.05) is 6.54 Å². The third-order valence-electron chi connectivity index (χ3n) is 3.26. The summed E-state index contributed by atoms with van der Waals surface area (Å²) in [7, 11) is 0. The molecule has 0 aromatic heterocycles. The molecular weight excluding hydrogens is 210 g/mol. The van der Waals surface area contributed by atoms with Crippen molar-refractivity contribution in [1.29, 1.82) is 0 Å². The predicted octanol–water partition coefficient (Wildman–Crippen LogP) is 3.20. The second-order valence-corrected chi connectivity index (χ2v) is 5.09. The number of aryl methyl sites for hydroxylation is 2. The molecule has 0 heterocycles. The number of hydrogen-bond acceptors (Lipinski definition) is 2. The molecular formula is C15H23NO. The highest BCUT2D eigenvalue weighted by Gasteiger charge is 2.22. The summed E-state index contributed by atoms with van der Waals surface area (Å²) < 4.78 is 5.93. The van der Waals surface area contributed by atoms with Crippen LogP contribution in [0.25, 0.3) is 0 Å². The average Bonchev–Trinajstić information content (AvgIpc) is 3.09. The average molecular weight is 233 g/mol. The van der Waals surface area contributed by atoms with E-state index in [-0.39, 0.29) is 0 Å².